The van der Waals surface area contributed by atoms with Crippen molar-refractivity contribution in [2.24, 2.45) is 0 Å². The predicted octanol–water partition coefficient (Wildman–Crippen LogP) is 6.19. The molecule has 0 unspecified atom stereocenters. The van der Waals surface area contributed by atoms with Crippen LogP contribution >= 0.6 is 32.9 Å². The van der Waals surface area contributed by atoms with E-state index in [4.69, 9.17) is 17.0 Å². The number of hydrogen-bond donors (Lipinski definition) is 1. The van der Waals surface area contributed by atoms with Crippen LogP contribution in [0.3, 0.4) is 0 Å². The van der Waals surface area contributed by atoms with Crippen LogP contribution < -0.4 is 10.1 Å². The van der Waals surface area contributed by atoms with Gasteiger partial charge in [0, 0.05) is 0 Å². The number of aromatic nitrogens is 1. The third-order valence-corrected chi connectivity index (χ3v) is 6.22. The van der Waals surface area contributed by atoms with Gasteiger partial charge in [0.2, 0.25) is 11.0 Å². The smallest absolute Gasteiger partial charge is 0.230 e. The molecule has 144 valence electrons. The molecule has 1 N–H and O–H groups in total. The molecule has 1 aromatic heterocycles. The number of nitrogens with zero attached hydrogens (tertiary/aromatic N) is 1. The van der Waals surface area contributed by atoms with E-state index in [1.54, 1.807) is 0 Å². The summed E-state index contributed by atoms with van der Waals surface area (Å²) in [6.07, 6.45) is 6.77. The quantitative estimate of drug-likeness (QED) is 0.299. The van der Waals surface area contributed by atoms with Crippen molar-refractivity contribution >= 4 is 43.9 Å². The van der Waals surface area contributed by atoms with Crippen LogP contribution in [-0.2, 0) is 11.2 Å². The highest BCUT2D eigenvalue weighted by atomic mass is 32.9. The number of carbonyl (C=O) groups is 1. The summed E-state index contributed by atoms with van der Waals surface area (Å²) < 4.78 is 6.29. The van der Waals surface area contributed by atoms with Crippen molar-refractivity contribution in [2.75, 3.05) is 11.9 Å². The van der Waals surface area contributed by atoms with Gasteiger partial charge < -0.3 is 10.1 Å². The van der Waals surface area contributed by atoms with Crippen molar-refractivity contribution in [3.8, 4) is 5.75 Å². The van der Waals surface area contributed by atoms with Gasteiger partial charge in [-0.15, -0.1) is 0 Å². The Hall–Kier alpha value is -1.83. The van der Waals surface area contributed by atoms with Crippen LogP contribution in [0.4, 0.5) is 5.13 Å². The summed E-state index contributed by atoms with van der Waals surface area (Å²) in [5.74, 6) is 0.695. The second-order valence-corrected chi connectivity index (χ2v) is 9.15. The van der Waals surface area contributed by atoms with Crippen LogP contribution in [0.1, 0.15) is 39.2 Å². The van der Waals surface area contributed by atoms with Crippen LogP contribution in [0.2, 0.25) is 0 Å². The Labute approximate surface area is 173 Å². The number of rotatable bonds is 9. The van der Waals surface area contributed by atoms with Gasteiger partial charge in [0.15, 0.2) is 3.95 Å². The monoisotopic (exact) mass is 420 g/mol. The number of carbonyl (C=O) groups excluding carboxylic acids is 1. The third-order valence-electron chi connectivity index (χ3n) is 3.69. The number of benzene rings is 1. The molecule has 7 heteroatoms. The first-order valence-corrected chi connectivity index (χ1v) is 11.3. The van der Waals surface area contributed by atoms with Gasteiger partial charge in [-0.25, -0.2) is 0 Å². The van der Waals surface area contributed by atoms with Crippen molar-refractivity contribution in [1.29, 1.82) is 0 Å². The van der Waals surface area contributed by atoms with Crippen molar-refractivity contribution in [1.82, 2.24) is 4.98 Å². The molecule has 0 aliphatic carbocycles. The lowest BCUT2D eigenvalue weighted by Crippen LogP contribution is -2.14. The molecule has 0 spiro atoms. The van der Waals surface area contributed by atoms with Crippen LogP contribution in [0.15, 0.2) is 47.6 Å². The highest BCUT2D eigenvalue weighted by Gasteiger charge is 2.07. The van der Waals surface area contributed by atoms with E-state index < -0.39 is 0 Å². The summed E-state index contributed by atoms with van der Waals surface area (Å²) in [5.41, 5.74) is 3.60. The molecule has 0 aliphatic heterocycles. The normalized spacial score (nSPS) is 11.1. The van der Waals surface area contributed by atoms with E-state index >= 15 is 0 Å². The van der Waals surface area contributed by atoms with Gasteiger partial charge in [-0.3, -0.25) is 4.79 Å². The minimum absolute atomic E-state index is 0.102. The van der Waals surface area contributed by atoms with E-state index in [-0.39, 0.29) is 5.91 Å². The van der Waals surface area contributed by atoms with E-state index in [9.17, 15) is 4.79 Å². The summed E-state index contributed by atoms with van der Waals surface area (Å²) in [6, 6.07) is 7.59. The highest BCUT2D eigenvalue weighted by molar-refractivity contribution is 7.79. The second kappa shape index (κ2) is 11.1. The first-order chi connectivity index (χ1) is 12.9. The zero-order valence-electron chi connectivity index (χ0n) is 15.8. The van der Waals surface area contributed by atoms with E-state index in [0.717, 1.165) is 24.2 Å². The maximum Gasteiger partial charge on any atom is 0.230 e. The average molecular weight is 421 g/mol. The maximum absolute atomic E-state index is 12.0. The Balaban J connectivity index is 1.76. The fourth-order valence-corrected chi connectivity index (χ4v) is 4.14. The second-order valence-electron chi connectivity index (χ2n) is 6.40. The average Bonchev–Trinajstić information content (AvgIpc) is 3.01. The Morgan fingerprint density at radius 3 is 2.56 bits per heavy atom. The number of anilines is 1. The molecule has 0 aliphatic rings. The van der Waals surface area contributed by atoms with Crippen LogP contribution in [0, 0.1) is 3.95 Å². The molecule has 4 nitrogen and oxygen atoms in total. The maximum atomic E-state index is 12.0. The molecule has 27 heavy (non-hydrogen) atoms. The SMILES string of the molecule is CC(C)=CCC/C(C)=C/COc1ccc(CC(=O)Nc2nc(=S)ss2)cc1. The molecule has 0 saturated heterocycles. The van der Waals surface area contributed by atoms with Gasteiger partial charge >= 0.3 is 0 Å². The summed E-state index contributed by atoms with van der Waals surface area (Å²) in [7, 11) is 2.75. The number of amides is 1. The van der Waals surface area contributed by atoms with Crippen LogP contribution in [0.5, 0.6) is 5.75 Å². The van der Waals surface area contributed by atoms with Gasteiger partial charge in [0.1, 0.15) is 12.4 Å². The molecule has 0 saturated carbocycles. The Bertz CT molecular complexity index is 860. The minimum Gasteiger partial charge on any atom is -0.490 e. The molecule has 1 aromatic carbocycles. The van der Waals surface area contributed by atoms with Crippen molar-refractivity contribution in [3.63, 3.8) is 0 Å². The molecule has 2 aromatic rings. The van der Waals surface area contributed by atoms with Gasteiger partial charge in [-0.05, 0) is 90.3 Å². The molecule has 1 amide bonds. The van der Waals surface area contributed by atoms with Gasteiger partial charge in [0.05, 0.1) is 6.42 Å². The summed E-state index contributed by atoms with van der Waals surface area (Å²) >= 11 is 4.96. The summed E-state index contributed by atoms with van der Waals surface area (Å²) in [4.78, 5) is 16.1. The zero-order chi connectivity index (χ0) is 19.6. The number of hydrogen-bond acceptors (Lipinski definition) is 6. The molecular formula is C20H24N2O2S3. The van der Waals surface area contributed by atoms with E-state index in [0.29, 0.717) is 22.1 Å². The Morgan fingerprint density at radius 2 is 1.93 bits per heavy atom. The first kappa shape index (κ1) is 21.5. The molecular weight excluding hydrogens is 396 g/mol. The fourth-order valence-electron chi connectivity index (χ4n) is 2.27. The lowest BCUT2D eigenvalue weighted by atomic mass is 10.1. The third kappa shape index (κ3) is 8.60. The fraction of sp³-hybridized carbons (Fsp3) is 0.350. The van der Waals surface area contributed by atoms with E-state index in [1.807, 2.05) is 24.3 Å². The predicted molar refractivity (Wildman–Crippen MR) is 118 cm³/mol. The molecule has 0 fully saturated rings. The zero-order valence-corrected chi connectivity index (χ0v) is 18.2. The minimum atomic E-state index is -0.102. The topological polar surface area (TPSA) is 51.2 Å². The van der Waals surface area contributed by atoms with Crippen molar-refractivity contribution < 1.29 is 9.53 Å². The number of ether oxygens (including phenoxy) is 1. The van der Waals surface area contributed by atoms with Crippen LogP contribution in [0.25, 0.3) is 0 Å². The van der Waals surface area contributed by atoms with Crippen LogP contribution in [-0.4, -0.2) is 17.5 Å². The molecule has 2 rings (SSSR count). The van der Waals surface area contributed by atoms with Gasteiger partial charge in [-0.2, -0.15) is 4.98 Å². The summed E-state index contributed by atoms with van der Waals surface area (Å²) in [5, 5.41) is 3.32. The van der Waals surface area contributed by atoms with Gasteiger partial charge in [0.25, 0.3) is 0 Å². The Kier molecular flexibility index (Phi) is 8.84. The molecule has 0 radical (unpaired) electrons. The van der Waals surface area contributed by atoms with Crippen molar-refractivity contribution in [2.45, 2.75) is 40.0 Å². The highest BCUT2D eigenvalue weighted by Crippen LogP contribution is 2.19. The standard InChI is InChI=1S/C20H24N2O2S3/c1-14(2)5-4-6-15(3)11-12-24-17-9-7-16(8-10-17)13-18(23)21-19-22-20(25)27-26-19/h5,7-11H,4,6,12-13H2,1-3H3,(H,21,22,23,25)/b15-11+. The molecule has 1 heterocycles. The lowest BCUT2D eigenvalue weighted by molar-refractivity contribution is -0.115. The molecule has 0 bridgehead atoms. The largest absolute Gasteiger partial charge is 0.490 e. The number of allylic oxidation sites excluding steroid dienone is 3. The van der Waals surface area contributed by atoms with E-state index in [1.165, 1.54) is 31.8 Å². The number of nitrogens with one attached hydrogen (secondary N) is 1. The van der Waals surface area contributed by atoms with Crippen molar-refractivity contribution in [3.05, 3.63) is 57.1 Å². The molecule has 0 atom stereocenters. The Morgan fingerprint density at radius 1 is 1.19 bits per heavy atom. The summed E-state index contributed by atoms with van der Waals surface area (Å²) in [6.45, 7) is 6.91. The lowest BCUT2D eigenvalue weighted by Gasteiger charge is -2.06. The van der Waals surface area contributed by atoms with Gasteiger partial charge in [-0.1, -0.05) is 29.4 Å². The van der Waals surface area contributed by atoms with E-state index in [2.05, 4.69) is 43.2 Å². The first-order valence-electron chi connectivity index (χ1n) is 8.70.